The lowest BCUT2D eigenvalue weighted by Crippen LogP contribution is -2.40. The van der Waals surface area contributed by atoms with Crippen molar-refractivity contribution >= 4 is 0 Å². The average Bonchev–Trinajstić information content (AvgIpc) is 2.12. The van der Waals surface area contributed by atoms with E-state index >= 15 is 0 Å². The summed E-state index contributed by atoms with van der Waals surface area (Å²) >= 11 is 0. The van der Waals surface area contributed by atoms with Gasteiger partial charge >= 0.3 is 0 Å². The second-order valence-corrected chi connectivity index (χ2v) is 3.78. The van der Waals surface area contributed by atoms with Gasteiger partial charge in [-0.3, -0.25) is 4.90 Å². The molecule has 2 N–H and O–H groups in total. The Morgan fingerprint density at radius 1 is 1.36 bits per heavy atom. The molecule has 4 nitrogen and oxygen atoms in total. The second-order valence-electron chi connectivity index (χ2n) is 3.78. The summed E-state index contributed by atoms with van der Waals surface area (Å²) in [6, 6.07) is 0.382. The van der Waals surface area contributed by atoms with Crippen molar-refractivity contribution in [3.63, 3.8) is 0 Å². The molecule has 0 amide bonds. The van der Waals surface area contributed by atoms with Crippen LogP contribution in [0.5, 0.6) is 0 Å². The zero-order valence-corrected chi connectivity index (χ0v) is 9.44. The number of nitrogens with zero attached hydrogens (tertiary/aromatic N) is 1. The summed E-state index contributed by atoms with van der Waals surface area (Å²) in [6.45, 7) is 6.14. The second kappa shape index (κ2) is 8.17. The van der Waals surface area contributed by atoms with Crippen molar-refractivity contribution < 1.29 is 14.9 Å². The van der Waals surface area contributed by atoms with Gasteiger partial charge in [-0.15, -0.1) is 0 Å². The lowest BCUT2D eigenvalue weighted by Gasteiger charge is -2.28. The number of hydrogen-bond donors (Lipinski definition) is 2. The molecule has 0 heterocycles. The van der Waals surface area contributed by atoms with Crippen molar-refractivity contribution in [2.45, 2.75) is 32.4 Å². The summed E-state index contributed by atoms with van der Waals surface area (Å²) in [5.41, 5.74) is 0. The summed E-state index contributed by atoms with van der Waals surface area (Å²) in [7, 11) is 1.58. The van der Waals surface area contributed by atoms with Gasteiger partial charge in [0.1, 0.15) is 0 Å². The average molecular weight is 205 g/mol. The highest BCUT2D eigenvalue weighted by molar-refractivity contribution is 4.67. The quantitative estimate of drug-likeness (QED) is 0.589. The Hall–Kier alpha value is -0.160. The SMILES string of the molecule is COCC(O)CN(CCCO)C(C)C. The van der Waals surface area contributed by atoms with Crippen LogP contribution in [0.3, 0.4) is 0 Å². The molecule has 0 bridgehead atoms. The Labute approximate surface area is 86.5 Å². The van der Waals surface area contributed by atoms with Crippen molar-refractivity contribution in [2.75, 3.05) is 33.4 Å². The first kappa shape index (κ1) is 13.8. The Balaban J connectivity index is 3.82. The van der Waals surface area contributed by atoms with Gasteiger partial charge in [0.15, 0.2) is 0 Å². The number of aliphatic hydroxyl groups excluding tert-OH is 2. The monoisotopic (exact) mass is 205 g/mol. The van der Waals surface area contributed by atoms with E-state index in [0.29, 0.717) is 19.2 Å². The molecule has 0 aromatic rings. The lowest BCUT2D eigenvalue weighted by atomic mass is 10.2. The fourth-order valence-electron chi connectivity index (χ4n) is 1.35. The maximum atomic E-state index is 9.54. The highest BCUT2D eigenvalue weighted by Gasteiger charge is 2.13. The molecule has 0 rings (SSSR count). The molecule has 0 aromatic heterocycles. The Morgan fingerprint density at radius 3 is 2.43 bits per heavy atom. The first-order valence-corrected chi connectivity index (χ1v) is 5.13. The largest absolute Gasteiger partial charge is 0.396 e. The maximum Gasteiger partial charge on any atom is 0.0900 e. The van der Waals surface area contributed by atoms with Crippen molar-refractivity contribution in [3.05, 3.63) is 0 Å². The third-order valence-electron chi connectivity index (χ3n) is 2.14. The number of rotatable bonds is 8. The van der Waals surface area contributed by atoms with E-state index in [1.54, 1.807) is 7.11 Å². The predicted octanol–water partition coefficient (Wildman–Crippen LogP) is 0.0865. The topological polar surface area (TPSA) is 52.9 Å². The molecule has 4 heteroatoms. The summed E-state index contributed by atoms with van der Waals surface area (Å²) < 4.78 is 4.86. The number of ether oxygens (including phenoxy) is 1. The molecular weight excluding hydrogens is 182 g/mol. The molecule has 0 saturated heterocycles. The molecule has 0 aliphatic rings. The normalized spacial score (nSPS) is 13.9. The smallest absolute Gasteiger partial charge is 0.0900 e. The zero-order valence-electron chi connectivity index (χ0n) is 9.44. The zero-order chi connectivity index (χ0) is 11.0. The van der Waals surface area contributed by atoms with Gasteiger partial charge in [0.2, 0.25) is 0 Å². The van der Waals surface area contributed by atoms with E-state index in [0.717, 1.165) is 13.0 Å². The maximum absolute atomic E-state index is 9.54. The third kappa shape index (κ3) is 6.32. The molecule has 0 aliphatic heterocycles. The van der Waals surface area contributed by atoms with Crippen LogP contribution in [-0.2, 0) is 4.74 Å². The minimum absolute atomic E-state index is 0.198. The highest BCUT2D eigenvalue weighted by Crippen LogP contribution is 2.01. The van der Waals surface area contributed by atoms with E-state index in [-0.39, 0.29) is 6.61 Å². The van der Waals surface area contributed by atoms with Gasteiger partial charge in [0, 0.05) is 32.8 Å². The number of aliphatic hydroxyl groups is 2. The molecular formula is C10H23NO3. The van der Waals surface area contributed by atoms with E-state index in [4.69, 9.17) is 9.84 Å². The number of hydrogen-bond acceptors (Lipinski definition) is 4. The summed E-state index contributed by atoms with van der Waals surface area (Å²) in [5, 5.41) is 18.3. The molecule has 0 fully saturated rings. The van der Waals surface area contributed by atoms with Crippen molar-refractivity contribution in [1.29, 1.82) is 0 Å². The fourth-order valence-corrected chi connectivity index (χ4v) is 1.35. The Morgan fingerprint density at radius 2 is 2.00 bits per heavy atom. The van der Waals surface area contributed by atoms with Crippen LogP contribution in [0.25, 0.3) is 0 Å². The van der Waals surface area contributed by atoms with Gasteiger partial charge in [-0.2, -0.15) is 0 Å². The summed E-state index contributed by atoms with van der Waals surface area (Å²) in [4.78, 5) is 2.14. The minimum atomic E-state index is -0.443. The fraction of sp³-hybridized carbons (Fsp3) is 1.00. The van der Waals surface area contributed by atoms with E-state index in [1.807, 2.05) is 0 Å². The molecule has 1 atom stereocenters. The Bertz CT molecular complexity index is 131. The van der Waals surface area contributed by atoms with Crippen molar-refractivity contribution in [1.82, 2.24) is 4.90 Å². The van der Waals surface area contributed by atoms with Crippen LogP contribution in [0.4, 0.5) is 0 Å². The van der Waals surface area contributed by atoms with E-state index in [9.17, 15) is 5.11 Å². The van der Waals surface area contributed by atoms with Crippen LogP contribution in [-0.4, -0.2) is 60.7 Å². The lowest BCUT2D eigenvalue weighted by molar-refractivity contribution is 0.0287. The molecule has 86 valence electrons. The molecule has 0 aliphatic carbocycles. The van der Waals surface area contributed by atoms with Gasteiger partial charge in [0.05, 0.1) is 12.7 Å². The first-order chi connectivity index (χ1) is 6.61. The van der Waals surface area contributed by atoms with Crippen LogP contribution in [0, 0.1) is 0 Å². The predicted molar refractivity (Wildman–Crippen MR) is 56.3 cm³/mol. The van der Waals surface area contributed by atoms with Crippen molar-refractivity contribution in [2.24, 2.45) is 0 Å². The van der Waals surface area contributed by atoms with Gasteiger partial charge < -0.3 is 14.9 Å². The summed E-state index contributed by atoms with van der Waals surface area (Å²) in [5.74, 6) is 0. The number of methoxy groups -OCH3 is 1. The molecule has 0 radical (unpaired) electrons. The van der Waals surface area contributed by atoms with E-state index in [2.05, 4.69) is 18.7 Å². The van der Waals surface area contributed by atoms with Crippen LogP contribution in [0.2, 0.25) is 0 Å². The van der Waals surface area contributed by atoms with E-state index < -0.39 is 6.10 Å². The van der Waals surface area contributed by atoms with Gasteiger partial charge in [0.25, 0.3) is 0 Å². The van der Waals surface area contributed by atoms with Gasteiger partial charge in [-0.25, -0.2) is 0 Å². The molecule has 0 spiro atoms. The molecule has 0 aromatic carbocycles. The van der Waals surface area contributed by atoms with Crippen LogP contribution in [0.1, 0.15) is 20.3 Å². The van der Waals surface area contributed by atoms with Crippen LogP contribution >= 0.6 is 0 Å². The van der Waals surface area contributed by atoms with Crippen LogP contribution < -0.4 is 0 Å². The van der Waals surface area contributed by atoms with Gasteiger partial charge in [-0.05, 0) is 20.3 Å². The van der Waals surface area contributed by atoms with Crippen LogP contribution in [0.15, 0.2) is 0 Å². The summed E-state index contributed by atoms with van der Waals surface area (Å²) in [6.07, 6.45) is 0.304. The minimum Gasteiger partial charge on any atom is -0.396 e. The molecule has 0 saturated carbocycles. The molecule has 14 heavy (non-hydrogen) atoms. The van der Waals surface area contributed by atoms with Gasteiger partial charge in [-0.1, -0.05) is 0 Å². The molecule has 1 unspecified atom stereocenters. The first-order valence-electron chi connectivity index (χ1n) is 5.13. The highest BCUT2D eigenvalue weighted by atomic mass is 16.5. The third-order valence-corrected chi connectivity index (χ3v) is 2.14. The van der Waals surface area contributed by atoms with E-state index in [1.165, 1.54) is 0 Å². The standard InChI is InChI=1S/C10H23NO3/c1-9(2)11(5-4-6-12)7-10(13)8-14-3/h9-10,12-13H,4-8H2,1-3H3. The Kier molecular flexibility index (Phi) is 8.08. The van der Waals surface area contributed by atoms with Crippen molar-refractivity contribution in [3.8, 4) is 0 Å².